The summed E-state index contributed by atoms with van der Waals surface area (Å²) in [5.74, 6) is -0.284. The molecular weight excluding hydrogens is 228 g/mol. The molecule has 0 saturated carbocycles. The fourth-order valence-corrected chi connectivity index (χ4v) is 2.17. The van der Waals surface area contributed by atoms with Gasteiger partial charge in [-0.15, -0.1) is 0 Å². The van der Waals surface area contributed by atoms with E-state index in [1.807, 2.05) is 36.4 Å². The van der Waals surface area contributed by atoms with Gasteiger partial charge < -0.3 is 9.84 Å². The summed E-state index contributed by atoms with van der Waals surface area (Å²) in [7, 11) is 0. The topological polar surface area (TPSA) is 46.5 Å². The van der Waals surface area contributed by atoms with Gasteiger partial charge in [-0.2, -0.15) is 0 Å². The van der Waals surface area contributed by atoms with E-state index >= 15 is 0 Å². The highest BCUT2D eigenvalue weighted by Crippen LogP contribution is 2.32. The number of carbonyl (C=O) groups excluding carboxylic acids is 1. The van der Waals surface area contributed by atoms with E-state index in [0.29, 0.717) is 0 Å². The molecule has 2 rings (SSSR count). The van der Waals surface area contributed by atoms with Crippen LogP contribution in [0.15, 0.2) is 36.4 Å². The Bertz CT molecular complexity index is 447. The quantitative estimate of drug-likeness (QED) is 0.659. The standard InChI is InChI=1S/C15H18O3/c1-12(16)18-11-13-5-7-14(8-6-13)15(17)9-3-2-4-10-15/h3,5-9,17H,2,4,10-11H2,1H3. The van der Waals surface area contributed by atoms with Crippen molar-refractivity contribution in [2.45, 2.75) is 38.4 Å². The Morgan fingerprint density at radius 3 is 2.67 bits per heavy atom. The highest BCUT2D eigenvalue weighted by atomic mass is 16.5. The van der Waals surface area contributed by atoms with Crippen molar-refractivity contribution in [2.24, 2.45) is 0 Å². The van der Waals surface area contributed by atoms with Crippen molar-refractivity contribution in [2.75, 3.05) is 0 Å². The SMILES string of the molecule is CC(=O)OCc1ccc(C2(O)C=CCCC2)cc1. The van der Waals surface area contributed by atoms with Crippen molar-refractivity contribution in [1.29, 1.82) is 0 Å². The predicted molar refractivity (Wildman–Crippen MR) is 68.8 cm³/mol. The van der Waals surface area contributed by atoms with Gasteiger partial charge in [0.1, 0.15) is 12.2 Å². The van der Waals surface area contributed by atoms with Gasteiger partial charge in [-0.1, -0.05) is 36.4 Å². The number of hydrogen-bond donors (Lipinski definition) is 1. The van der Waals surface area contributed by atoms with E-state index in [2.05, 4.69) is 0 Å². The van der Waals surface area contributed by atoms with Crippen LogP contribution in [0.1, 0.15) is 37.3 Å². The Hall–Kier alpha value is -1.61. The molecule has 1 aromatic carbocycles. The molecule has 0 bridgehead atoms. The van der Waals surface area contributed by atoms with E-state index in [4.69, 9.17) is 4.74 Å². The van der Waals surface area contributed by atoms with Crippen LogP contribution in [-0.4, -0.2) is 11.1 Å². The molecule has 0 heterocycles. The average Bonchev–Trinajstić information content (AvgIpc) is 2.38. The summed E-state index contributed by atoms with van der Waals surface area (Å²) < 4.78 is 4.92. The van der Waals surface area contributed by atoms with Crippen LogP contribution in [0.3, 0.4) is 0 Å². The van der Waals surface area contributed by atoms with E-state index in [1.54, 1.807) is 0 Å². The number of rotatable bonds is 3. The van der Waals surface area contributed by atoms with E-state index in [1.165, 1.54) is 6.92 Å². The first-order chi connectivity index (χ1) is 8.60. The number of allylic oxidation sites excluding steroid dienone is 1. The monoisotopic (exact) mass is 246 g/mol. The minimum atomic E-state index is -0.835. The molecule has 1 aromatic rings. The molecule has 0 fully saturated rings. The molecule has 18 heavy (non-hydrogen) atoms. The van der Waals surface area contributed by atoms with Gasteiger partial charge >= 0.3 is 5.97 Å². The van der Waals surface area contributed by atoms with Crippen LogP contribution in [-0.2, 0) is 21.7 Å². The van der Waals surface area contributed by atoms with Crippen molar-refractivity contribution in [3.63, 3.8) is 0 Å². The number of esters is 1. The maximum atomic E-state index is 10.7. The molecule has 1 unspecified atom stereocenters. The highest BCUT2D eigenvalue weighted by Gasteiger charge is 2.27. The molecule has 3 heteroatoms. The van der Waals surface area contributed by atoms with Crippen molar-refractivity contribution < 1.29 is 14.6 Å². The summed E-state index contributed by atoms with van der Waals surface area (Å²) in [5, 5.41) is 10.5. The maximum absolute atomic E-state index is 10.7. The minimum Gasteiger partial charge on any atom is -0.461 e. The normalized spacial score (nSPS) is 22.8. The van der Waals surface area contributed by atoms with Crippen LogP contribution in [0.5, 0.6) is 0 Å². The summed E-state index contributed by atoms with van der Waals surface area (Å²) in [4.78, 5) is 10.7. The first kappa shape index (κ1) is 12.8. The summed E-state index contributed by atoms with van der Waals surface area (Å²) in [6.07, 6.45) is 6.69. The first-order valence-corrected chi connectivity index (χ1v) is 6.23. The molecule has 0 aromatic heterocycles. The molecule has 0 spiro atoms. The molecule has 0 aliphatic heterocycles. The molecule has 1 atom stereocenters. The van der Waals surface area contributed by atoms with Crippen LogP contribution < -0.4 is 0 Å². The van der Waals surface area contributed by atoms with Gasteiger partial charge in [0, 0.05) is 6.92 Å². The molecule has 3 nitrogen and oxygen atoms in total. The van der Waals surface area contributed by atoms with Crippen LogP contribution in [0.4, 0.5) is 0 Å². The lowest BCUT2D eigenvalue weighted by Crippen LogP contribution is -2.24. The van der Waals surface area contributed by atoms with Gasteiger partial charge in [0.15, 0.2) is 0 Å². The third kappa shape index (κ3) is 2.99. The molecule has 0 amide bonds. The van der Waals surface area contributed by atoms with Gasteiger partial charge in [-0.05, 0) is 30.4 Å². The van der Waals surface area contributed by atoms with Crippen molar-refractivity contribution in [3.05, 3.63) is 47.5 Å². The second kappa shape index (κ2) is 5.36. The number of benzene rings is 1. The fourth-order valence-electron chi connectivity index (χ4n) is 2.17. The third-order valence-corrected chi connectivity index (χ3v) is 3.22. The van der Waals surface area contributed by atoms with Crippen LogP contribution >= 0.6 is 0 Å². The lowest BCUT2D eigenvalue weighted by Gasteiger charge is -2.28. The summed E-state index contributed by atoms with van der Waals surface area (Å²) in [6, 6.07) is 7.57. The molecule has 96 valence electrons. The zero-order valence-electron chi connectivity index (χ0n) is 10.6. The molecule has 1 aliphatic carbocycles. The van der Waals surface area contributed by atoms with Crippen LogP contribution in [0.2, 0.25) is 0 Å². The zero-order chi connectivity index (χ0) is 13.0. The number of ether oxygens (including phenoxy) is 1. The number of aliphatic hydroxyl groups is 1. The smallest absolute Gasteiger partial charge is 0.302 e. The average molecular weight is 246 g/mol. The van der Waals surface area contributed by atoms with Gasteiger partial charge in [-0.3, -0.25) is 4.79 Å². The molecule has 0 radical (unpaired) electrons. The van der Waals surface area contributed by atoms with Gasteiger partial charge in [-0.25, -0.2) is 0 Å². The highest BCUT2D eigenvalue weighted by molar-refractivity contribution is 5.65. The Kier molecular flexibility index (Phi) is 3.82. The number of hydrogen-bond acceptors (Lipinski definition) is 3. The van der Waals surface area contributed by atoms with Crippen molar-refractivity contribution in [1.82, 2.24) is 0 Å². The van der Waals surface area contributed by atoms with Gasteiger partial charge in [0.25, 0.3) is 0 Å². The predicted octanol–water partition coefficient (Wildman–Crippen LogP) is 2.68. The van der Waals surface area contributed by atoms with E-state index in [-0.39, 0.29) is 12.6 Å². The molecular formula is C15H18O3. The summed E-state index contributed by atoms with van der Waals surface area (Å²) in [5.41, 5.74) is 0.987. The lowest BCUT2D eigenvalue weighted by molar-refractivity contribution is -0.142. The third-order valence-electron chi connectivity index (χ3n) is 3.22. The van der Waals surface area contributed by atoms with Crippen LogP contribution in [0, 0.1) is 0 Å². The second-order valence-electron chi connectivity index (χ2n) is 4.70. The van der Waals surface area contributed by atoms with E-state index in [0.717, 1.165) is 30.4 Å². The first-order valence-electron chi connectivity index (χ1n) is 6.23. The lowest BCUT2D eigenvalue weighted by atomic mass is 9.84. The van der Waals surface area contributed by atoms with E-state index in [9.17, 15) is 9.90 Å². The van der Waals surface area contributed by atoms with Crippen LogP contribution in [0.25, 0.3) is 0 Å². The summed E-state index contributed by atoms with van der Waals surface area (Å²) in [6.45, 7) is 1.67. The molecule has 0 saturated heterocycles. The van der Waals surface area contributed by atoms with Crippen molar-refractivity contribution in [3.8, 4) is 0 Å². The minimum absolute atomic E-state index is 0.282. The Morgan fingerprint density at radius 2 is 2.11 bits per heavy atom. The van der Waals surface area contributed by atoms with Gasteiger partial charge in [0.2, 0.25) is 0 Å². The zero-order valence-corrected chi connectivity index (χ0v) is 10.6. The summed E-state index contributed by atoms with van der Waals surface area (Å²) >= 11 is 0. The maximum Gasteiger partial charge on any atom is 0.302 e. The second-order valence-corrected chi connectivity index (χ2v) is 4.70. The Balaban J connectivity index is 2.09. The largest absolute Gasteiger partial charge is 0.461 e. The Labute approximate surface area is 107 Å². The molecule has 1 aliphatic rings. The Morgan fingerprint density at radius 1 is 1.39 bits per heavy atom. The van der Waals surface area contributed by atoms with Gasteiger partial charge in [0.05, 0.1) is 0 Å². The van der Waals surface area contributed by atoms with E-state index < -0.39 is 5.60 Å². The fraction of sp³-hybridized carbons (Fsp3) is 0.400. The van der Waals surface area contributed by atoms with Crippen molar-refractivity contribution >= 4 is 5.97 Å². The number of carbonyl (C=O) groups is 1. The molecule has 1 N–H and O–H groups in total.